The lowest BCUT2D eigenvalue weighted by atomic mass is 9.89. The summed E-state index contributed by atoms with van der Waals surface area (Å²) in [5.41, 5.74) is 0. The van der Waals surface area contributed by atoms with Gasteiger partial charge in [0.2, 0.25) is 0 Å². The van der Waals surface area contributed by atoms with Gasteiger partial charge in [-0.25, -0.2) is 0 Å². The second-order valence-corrected chi connectivity index (χ2v) is 4.99. The molecule has 1 heterocycles. The number of rotatable bonds is 2. The molecule has 82 valence electrons. The standard InChI is InChI=1S/C12H23NO/c1-10-4-6-11(7-5-10)14-12-3-2-8-13-9-12/h10-13H,2-9H2,1H3/t10?,11?,12-/m0/s1. The van der Waals surface area contributed by atoms with Gasteiger partial charge in [0.1, 0.15) is 0 Å². The van der Waals surface area contributed by atoms with Gasteiger partial charge in [0, 0.05) is 6.54 Å². The van der Waals surface area contributed by atoms with Gasteiger partial charge in [0.15, 0.2) is 0 Å². The second-order valence-electron chi connectivity index (χ2n) is 4.99. The monoisotopic (exact) mass is 197 g/mol. The molecular formula is C12H23NO. The van der Waals surface area contributed by atoms with Crippen molar-refractivity contribution in [3.05, 3.63) is 0 Å². The maximum atomic E-state index is 6.12. The first-order valence-electron chi connectivity index (χ1n) is 6.21. The van der Waals surface area contributed by atoms with Crippen LogP contribution in [0.2, 0.25) is 0 Å². The molecule has 2 fully saturated rings. The van der Waals surface area contributed by atoms with E-state index in [4.69, 9.17) is 4.74 Å². The molecule has 1 aliphatic heterocycles. The van der Waals surface area contributed by atoms with E-state index in [9.17, 15) is 0 Å². The second kappa shape index (κ2) is 5.13. The fraction of sp³-hybridized carbons (Fsp3) is 1.00. The van der Waals surface area contributed by atoms with E-state index in [0.717, 1.165) is 12.5 Å². The van der Waals surface area contributed by atoms with Crippen LogP contribution in [0.3, 0.4) is 0 Å². The van der Waals surface area contributed by atoms with Crippen LogP contribution in [-0.4, -0.2) is 25.3 Å². The summed E-state index contributed by atoms with van der Waals surface area (Å²) >= 11 is 0. The van der Waals surface area contributed by atoms with E-state index in [-0.39, 0.29) is 0 Å². The third-order valence-corrected chi connectivity index (χ3v) is 3.60. The molecule has 1 saturated heterocycles. The van der Waals surface area contributed by atoms with E-state index < -0.39 is 0 Å². The summed E-state index contributed by atoms with van der Waals surface area (Å²) in [5, 5.41) is 3.41. The Morgan fingerprint density at radius 1 is 1.00 bits per heavy atom. The summed E-state index contributed by atoms with van der Waals surface area (Å²) in [4.78, 5) is 0. The molecule has 2 nitrogen and oxygen atoms in total. The maximum absolute atomic E-state index is 6.12. The molecular weight excluding hydrogens is 174 g/mol. The van der Waals surface area contributed by atoms with E-state index in [1.165, 1.54) is 45.1 Å². The largest absolute Gasteiger partial charge is 0.374 e. The zero-order valence-corrected chi connectivity index (χ0v) is 9.30. The third-order valence-electron chi connectivity index (χ3n) is 3.60. The van der Waals surface area contributed by atoms with E-state index >= 15 is 0 Å². The number of nitrogens with one attached hydrogen (secondary N) is 1. The number of piperidine rings is 1. The highest BCUT2D eigenvalue weighted by atomic mass is 16.5. The molecule has 2 aliphatic rings. The van der Waals surface area contributed by atoms with Gasteiger partial charge in [-0.15, -0.1) is 0 Å². The predicted octanol–water partition coefficient (Wildman–Crippen LogP) is 2.33. The van der Waals surface area contributed by atoms with Crippen LogP contribution in [0.1, 0.15) is 45.4 Å². The Hall–Kier alpha value is -0.0800. The molecule has 1 N–H and O–H groups in total. The Kier molecular flexibility index (Phi) is 3.82. The van der Waals surface area contributed by atoms with E-state index in [2.05, 4.69) is 12.2 Å². The molecule has 0 amide bonds. The molecule has 0 unspecified atom stereocenters. The van der Waals surface area contributed by atoms with Crippen molar-refractivity contribution < 1.29 is 4.74 Å². The molecule has 1 atom stereocenters. The molecule has 0 bridgehead atoms. The van der Waals surface area contributed by atoms with Gasteiger partial charge in [0.25, 0.3) is 0 Å². The van der Waals surface area contributed by atoms with Gasteiger partial charge >= 0.3 is 0 Å². The highest BCUT2D eigenvalue weighted by Crippen LogP contribution is 2.27. The van der Waals surface area contributed by atoms with Crippen molar-refractivity contribution in [2.24, 2.45) is 5.92 Å². The van der Waals surface area contributed by atoms with Gasteiger partial charge in [-0.3, -0.25) is 0 Å². The van der Waals surface area contributed by atoms with Gasteiger partial charge in [-0.1, -0.05) is 6.92 Å². The maximum Gasteiger partial charge on any atom is 0.0703 e. The molecule has 14 heavy (non-hydrogen) atoms. The number of hydrogen-bond acceptors (Lipinski definition) is 2. The van der Waals surface area contributed by atoms with Crippen molar-refractivity contribution >= 4 is 0 Å². The zero-order chi connectivity index (χ0) is 9.80. The topological polar surface area (TPSA) is 21.3 Å². The molecule has 2 rings (SSSR count). The van der Waals surface area contributed by atoms with Crippen molar-refractivity contribution in [2.75, 3.05) is 13.1 Å². The average Bonchev–Trinajstić information content (AvgIpc) is 2.23. The Labute approximate surface area is 87.4 Å². The molecule has 0 aromatic heterocycles. The zero-order valence-electron chi connectivity index (χ0n) is 9.30. The van der Waals surface area contributed by atoms with Crippen LogP contribution in [0.4, 0.5) is 0 Å². The molecule has 0 aromatic carbocycles. The molecule has 1 aliphatic carbocycles. The summed E-state index contributed by atoms with van der Waals surface area (Å²) in [6.45, 7) is 4.62. The molecule has 2 heteroatoms. The van der Waals surface area contributed by atoms with Crippen molar-refractivity contribution in [2.45, 2.75) is 57.7 Å². The summed E-state index contributed by atoms with van der Waals surface area (Å²) < 4.78 is 6.12. The number of ether oxygens (including phenoxy) is 1. The quantitative estimate of drug-likeness (QED) is 0.733. The summed E-state index contributed by atoms with van der Waals surface area (Å²) in [6, 6.07) is 0. The Bertz CT molecular complexity index is 158. The summed E-state index contributed by atoms with van der Waals surface area (Å²) in [5.74, 6) is 0.930. The van der Waals surface area contributed by atoms with Crippen molar-refractivity contribution in [1.82, 2.24) is 5.32 Å². The fourth-order valence-electron chi connectivity index (χ4n) is 2.57. The van der Waals surface area contributed by atoms with Crippen molar-refractivity contribution in [3.8, 4) is 0 Å². The molecule has 0 radical (unpaired) electrons. The minimum atomic E-state index is 0.502. The molecule has 1 saturated carbocycles. The third kappa shape index (κ3) is 2.96. The van der Waals surface area contributed by atoms with Crippen LogP contribution < -0.4 is 5.32 Å². The fourth-order valence-corrected chi connectivity index (χ4v) is 2.57. The van der Waals surface area contributed by atoms with Crippen LogP contribution >= 0.6 is 0 Å². The highest BCUT2D eigenvalue weighted by molar-refractivity contribution is 4.75. The van der Waals surface area contributed by atoms with Gasteiger partial charge in [-0.2, -0.15) is 0 Å². The minimum Gasteiger partial charge on any atom is -0.374 e. The highest BCUT2D eigenvalue weighted by Gasteiger charge is 2.22. The van der Waals surface area contributed by atoms with E-state index in [0.29, 0.717) is 12.2 Å². The summed E-state index contributed by atoms with van der Waals surface area (Å²) in [7, 11) is 0. The smallest absolute Gasteiger partial charge is 0.0703 e. The SMILES string of the molecule is CC1CCC(O[C@H]2CCCNC2)CC1. The summed E-state index contributed by atoms with van der Waals surface area (Å²) in [6.07, 6.45) is 8.93. The molecule has 0 aromatic rings. The lowest BCUT2D eigenvalue weighted by molar-refractivity contribution is -0.0439. The van der Waals surface area contributed by atoms with Crippen LogP contribution in [0.15, 0.2) is 0 Å². The number of hydrogen-bond donors (Lipinski definition) is 1. The van der Waals surface area contributed by atoms with Gasteiger partial charge in [0.05, 0.1) is 12.2 Å². The van der Waals surface area contributed by atoms with Crippen molar-refractivity contribution in [3.63, 3.8) is 0 Å². The van der Waals surface area contributed by atoms with Gasteiger partial charge in [-0.05, 0) is 51.0 Å². The van der Waals surface area contributed by atoms with E-state index in [1.54, 1.807) is 0 Å². The molecule has 0 spiro atoms. The predicted molar refractivity (Wildman–Crippen MR) is 58.4 cm³/mol. The normalized spacial score (nSPS) is 39.6. The van der Waals surface area contributed by atoms with Gasteiger partial charge < -0.3 is 10.1 Å². The van der Waals surface area contributed by atoms with Crippen molar-refractivity contribution in [1.29, 1.82) is 0 Å². The average molecular weight is 197 g/mol. The van der Waals surface area contributed by atoms with Crippen LogP contribution in [0.25, 0.3) is 0 Å². The Morgan fingerprint density at radius 2 is 1.79 bits per heavy atom. The Morgan fingerprint density at radius 3 is 2.43 bits per heavy atom. The Balaban J connectivity index is 1.68. The minimum absolute atomic E-state index is 0.502. The van der Waals surface area contributed by atoms with Crippen LogP contribution in [-0.2, 0) is 4.74 Å². The first kappa shape index (κ1) is 10.4. The van der Waals surface area contributed by atoms with Crippen LogP contribution in [0, 0.1) is 5.92 Å². The van der Waals surface area contributed by atoms with Crippen LogP contribution in [0.5, 0.6) is 0 Å². The lowest BCUT2D eigenvalue weighted by Crippen LogP contribution is -2.38. The first-order valence-corrected chi connectivity index (χ1v) is 6.21. The lowest BCUT2D eigenvalue weighted by Gasteiger charge is -2.32. The van der Waals surface area contributed by atoms with E-state index in [1.807, 2.05) is 0 Å². The first-order chi connectivity index (χ1) is 6.84.